The van der Waals surface area contributed by atoms with Crippen LogP contribution in [0, 0.1) is 5.92 Å². The van der Waals surface area contributed by atoms with Gasteiger partial charge >= 0.3 is 0 Å². The molecular formula is C26H37BrN8O2. The Bertz CT molecular complexity index is 1180. The molecule has 1 aliphatic heterocycles. The van der Waals surface area contributed by atoms with E-state index in [2.05, 4.69) is 67.2 Å². The van der Waals surface area contributed by atoms with Crippen LogP contribution >= 0.6 is 15.9 Å². The zero-order valence-corrected chi connectivity index (χ0v) is 23.7. The Labute approximate surface area is 227 Å². The van der Waals surface area contributed by atoms with E-state index in [9.17, 15) is 0 Å². The van der Waals surface area contributed by atoms with Gasteiger partial charge in [-0.1, -0.05) is 0 Å². The third kappa shape index (κ3) is 6.91. The molecule has 200 valence electrons. The number of nitrogens with one attached hydrogen (secondary N) is 4. The molecule has 2 aromatic heterocycles. The van der Waals surface area contributed by atoms with Gasteiger partial charge in [-0.2, -0.15) is 10.1 Å². The summed E-state index contributed by atoms with van der Waals surface area (Å²) in [5.41, 5.74) is 3.80. The number of likely N-dealkylation sites (N-methyl/N-ethyl adjacent to an activating group) is 1. The van der Waals surface area contributed by atoms with Gasteiger partial charge in [0.15, 0.2) is 0 Å². The summed E-state index contributed by atoms with van der Waals surface area (Å²) in [6, 6.07) is 4.52. The highest BCUT2D eigenvalue weighted by atomic mass is 79.9. The van der Waals surface area contributed by atoms with Crippen LogP contribution in [0.2, 0.25) is 0 Å². The SMILES string of the molecule is CN[C@@H](C)C(C)Nc1nc(Nc2cc(-c3cnn(C)c3)c(NCC3CCOCC3)cc2OC)ncc1Br. The van der Waals surface area contributed by atoms with E-state index < -0.39 is 0 Å². The molecule has 0 aliphatic carbocycles. The normalized spacial score (nSPS) is 15.7. The van der Waals surface area contributed by atoms with Crippen LogP contribution in [-0.4, -0.2) is 65.7 Å². The Morgan fingerprint density at radius 1 is 1.16 bits per heavy atom. The third-order valence-electron chi connectivity index (χ3n) is 6.84. The molecule has 0 bridgehead atoms. The van der Waals surface area contributed by atoms with E-state index in [4.69, 9.17) is 14.5 Å². The molecule has 0 radical (unpaired) electrons. The van der Waals surface area contributed by atoms with Crippen molar-refractivity contribution in [2.45, 2.75) is 38.8 Å². The largest absolute Gasteiger partial charge is 0.494 e. The summed E-state index contributed by atoms with van der Waals surface area (Å²) in [6.45, 7) is 6.75. The maximum Gasteiger partial charge on any atom is 0.229 e. The number of aromatic nitrogens is 4. The zero-order chi connectivity index (χ0) is 26.4. The second-order valence-corrected chi connectivity index (χ2v) is 10.3. The molecule has 0 saturated carbocycles. The lowest BCUT2D eigenvalue weighted by Gasteiger charge is -2.24. The van der Waals surface area contributed by atoms with Crippen molar-refractivity contribution in [3.8, 4) is 16.9 Å². The summed E-state index contributed by atoms with van der Waals surface area (Å²) >= 11 is 3.56. The number of aryl methyl sites for hydroxylation is 1. The molecule has 1 unspecified atom stereocenters. The van der Waals surface area contributed by atoms with Crippen molar-refractivity contribution in [1.29, 1.82) is 0 Å². The molecule has 1 aliphatic rings. The highest BCUT2D eigenvalue weighted by molar-refractivity contribution is 9.10. The molecule has 0 amide bonds. The van der Waals surface area contributed by atoms with Crippen LogP contribution in [0.15, 0.2) is 35.2 Å². The lowest BCUT2D eigenvalue weighted by atomic mass is 9.99. The summed E-state index contributed by atoms with van der Waals surface area (Å²) in [6.07, 6.45) is 7.75. The van der Waals surface area contributed by atoms with E-state index in [0.29, 0.717) is 23.4 Å². The van der Waals surface area contributed by atoms with Gasteiger partial charge in [0, 0.05) is 74.2 Å². The fourth-order valence-electron chi connectivity index (χ4n) is 4.24. The van der Waals surface area contributed by atoms with Gasteiger partial charge in [-0.15, -0.1) is 0 Å². The van der Waals surface area contributed by atoms with Gasteiger partial charge in [0.25, 0.3) is 0 Å². The molecule has 4 rings (SSSR count). The van der Waals surface area contributed by atoms with Crippen molar-refractivity contribution in [3.63, 3.8) is 0 Å². The Morgan fingerprint density at radius 3 is 2.62 bits per heavy atom. The first-order valence-corrected chi connectivity index (χ1v) is 13.4. The van der Waals surface area contributed by atoms with E-state index in [1.807, 2.05) is 32.6 Å². The first-order valence-electron chi connectivity index (χ1n) is 12.6. The van der Waals surface area contributed by atoms with Crippen LogP contribution < -0.4 is 26.0 Å². The van der Waals surface area contributed by atoms with Crippen LogP contribution in [0.3, 0.4) is 0 Å². The fraction of sp³-hybridized carbons (Fsp3) is 0.500. The van der Waals surface area contributed by atoms with Crippen LogP contribution in [0.25, 0.3) is 11.1 Å². The van der Waals surface area contributed by atoms with E-state index in [-0.39, 0.29) is 12.1 Å². The number of anilines is 4. The summed E-state index contributed by atoms with van der Waals surface area (Å²) in [5.74, 6) is 2.45. The number of halogens is 1. The van der Waals surface area contributed by atoms with Crippen molar-refractivity contribution >= 4 is 39.1 Å². The van der Waals surface area contributed by atoms with Crippen molar-refractivity contribution in [3.05, 3.63) is 35.2 Å². The van der Waals surface area contributed by atoms with Crippen LogP contribution in [0.1, 0.15) is 26.7 Å². The predicted octanol–water partition coefficient (Wildman–Crippen LogP) is 4.64. The number of ether oxygens (including phenoxy) is 2. The number of methoxy groups -OCH3 is 1. The van der Waals surface area contributed by atoms with Crippen LogP contribution in [0.4, 0.5) is 23.1 Å². The maximum absolute atomic E-state index is 5.78. The summed E-state index contributed by atoms with van der Waals surface area (Å²) in [5, 5.41) is 18.1. The zero-order valence-electron chi connectivity index (χ0n) is 22.1. The van der Waals surface area contributed by atoms with Crippen molar-refractivity contribution in [2.75, 3.05) is 49.9 Å². The molecule has 2 atom stereocenters. The van der Waals surface area contributed by atoms with Gasteiger partial charge in [-0.05, 0) is 61.7 Å². The number of nitrogens with zero attached hydrogens (tertiary/aromatic N) is 4. The number of benzene rings is 1. The lowest BCUT2D eigenvalue weighted by molar-refractivity contribution is 0.0699. The second kappa shape index (κ2) is 12.6. The first-order chi connectivity index (χ1) is 17.9. The van der Waals surface area contributed by atoms with Crippen molar-refractivity contribution in [1.82, 2.24) is 25.1 Å². The quantitative estimate of drug-likeness (QED) is 0.261. The predicted molar refractivity (Wildman–Crippen MR) is 152 cm³/mol. The number of hydrogen-bond donors (Lipinski definition) is 4. The summed E-state index contributed by atoms with van der Waals surface area (Å²) in [4.78, 5) is 9.20. The Morgan fingerprint density at radius 2 is 1.95 bits per heavy atom. The Kier molecular flexibility index (Phi) is 9.23. The van der Waals surface area contributed by atoms with Gasteiger partial charge in [0.2, 0.25) is 5.95 Å². The summed E-state index contributed by atoms with van der Waals surface area (Å²) in [7, 11) is 5.53. The molecule has 3 heterocycles. The average molecular weight is 574 g/mol. The van der Waals surface area contributed by atoms with E-state index in [1.165, 1.54) is 0 Å². The van der Waals surface area contributed by atoms with Gasteiger partial charge in [0.05, 0.1) is 23.5 Å². The molecule has 1 fully saturated rings. The molecule has 1 aromatic carbocycles. The van der Waals surface area contributed by atoms with Crippen molar-refractivity contribution in [2.24, 2.45) is 13.0 Å². The first kappa shape index (κ1) is 27.2. The third-order valence-corrected chi connectivity index (χ3v) is 7.42. The minimum atomic E-state index is 0.164. The minimum Gasteiger partial charge on any atom is -0.494 e. The topological polar surface area (TPSA) is 110 Å². The monoisotopic (exact) mass is 572 g/mol. The standard InChI is InChI=1S/C26H37BrN8O2/c1-16(28-3)17(2)32-25-21(27)14-30-26(34-25)33-23-10-20(19-13-31-35(4)15-19)22(11-24(23)36-5)29-12-18-6-8-37-9-7-18/h10-11,13-18,28-29H,6-9,12H2,1-5H3,(H2,30,32,33,34)/t16-,17?/m0/s1. The summed E-state index contributed by atoms with van der Waals surface area (Å²) < 4.78 is 13.9. The van der Waals surface area contributed by atoms with Gasteiger partial charge in [-0.3, -0.25) is 4.68 Å². The molecular weight excluding hydrogens is 536 g/mol. The highest BCUT2D eigenvalue weighted by Crippen LogP contribution is 2.39. The van der Waals surface area contributed by atoms with Gasteiger partial charge in [0.1, 0.15) is 11.6 Å². The lowest BCUT2D eigenvalue weighted by Crippen LogP contribution is -2.38. The maximum atomic E-state index is 5.78. The van der Waals surface area contributed by atoms with E-state index >= 15 is 0 Å². The molecule has 10 nitrogen and oxygen atoms in total. The molecule has 1 saturated heterocycles. The Hall–Kier alpha value is -2.89. The van der Waals surface area contributed by atoms with Crippen LogP contribution in [0.5, 0.6) is 5.75 Å². The van der Waals surface area contributed by atoms with Crippen LogP contribution in [-0.2, 0) is 11.8 Å². The fourth-order valence-corrected chi connectivity index (χ4v) is 4.54. The van der Waals surface area contributed by atoms with Gasteiger partial charge < -0.3 is 30.7 Å². The van der Waals surface area contributed by atoms with Crippen molar-refractivity contribution < 1.29 is 9.47 Å². The van der Waals surface area contributed by atoms with E-state index in [1.54, 1.807) is 18.0 Å². The van der Waals surface area contributed by atoms with Gasteiger partial charge in [-0.25, -0.2) is 4.98 Å². The smallest absolute Gasteiger partial charge is 0.229 e. The second-order valence-electron chi connectivity index (χ2n) is 9.46. The molecule has 3 aromatic rings. The Balaban J connectivity index is 1.63. The molecule has 37 heavy (non-hydrogen) atoms. The molecule has 11 heteroatoms. The molecule has 0 spiro atoms. The number of hydrogen-bond acceptors (Lipinski definition) is 9. The minimum absolute atomic E-state index is 0.164. The highest BCUT2D eigenvalue weighted by Gasteiger charge is 2.19. The van der Waals surface area contributed by atoms with E-state index in [0.717, 1.165) is 59.6 Å². The molecule has 4 N–H and O–H groups in total. The average Bonchev–Trinajstić information content (AvgIpc) is 3.35. The number of rotatable bonds is 11.